The summed E-state index contributed by atoms with van der Waals surface area (Å²) in [5, 5.41) is 5.53. The Morgan fingerprint density at radius 2 is 1.69 bits per heavy atom. The van der Waals surface area contributed by atoms with Crippen molar-refractivity contribution in [3.8, 4) is 11.5 Å². The van der Waals surface area contributed by atoms with Crippen LogP contribution in [0.2, 0.25) is 5.02 Å². The quantitative estimate of drug-likeness (QED) is 0.478. The van der Waals surface area contributed by atoms with Gasteiger partial charge in [0.1, 0.15) is 28.0 Å². The summed E-state index contributed by atoms with van der Waals surface area (Å²) in [6.45, 7) is 0.293. The molecule has 0 aromatic heterocycles. The zero-order chi connectivity index (χ0) is 23.1. The van der Waals surface area contributed by atoms with Gasteiger partial charge in [0.25, 0.3) is 0 Å². The van der Waals surface area contributed by atoms with E-state index >= 15 is 0 Å². The molecule has 0 spiro atoms. The molecule has 9 heteroatoms. The Morgan fingerprint density at radius 3 is 2.31 bits per heavy atom. The van der Waals surface area contributed by atoms with Crippen LogP contribution < -0.4 is 20.1 Å². The van der Waals surface area contributed by atoms with Gasteiger partial charge in [-0.1, -0.05) is 41.9 Å². The Balaban J connectivity index is 1.59. The van der Waals surface area contributed by atoms with E-state index in [-0.39, 0.29) is 33.8 Å². The molecule has 0 heterocycles. The number of benzene rings is 3. The summed E-state index contributed by atoms with van der Waals surface area (Å²) in [7, 11) is -2.26. The van der Waals surface area contributed by atoms with Crippen molar-refractivity contribution in [1.29, 1.82) is 0 Å². The first-order chi connectivity index (χ1) is 15.3. The van der Waals surface area contributed by atoms with Crippen LogP contribution in [0.25, 0.3) is 0 Å². The predicted octanol–water partition coefficient (Wildman–Crippen LogP) is 4.38. The topological polar surface area (TPSA) is 93.7 Å². The van der Waals surface area contributed by atoms with E-state index in [1.165, 1.54) is 19.2 Å². The van der Waals surface area contributed by atoms with E-state index in [1.54, 1.807) is 24.3 Å². The van der Waals surface area contributed by atoms with Crippen LogP contribution in [0.4, 0.5) is 11.4 Å². The summed E-state index contributed by atoms with van der Waals surface area (Å²) < 4.78 is 35.1. The van der Waals surface area contributed by atoms with Gasteiger partial charge in [-0.15, -0.1) is 0 Å². The first-order valence-corrected chi connectivity index (χ1v) is 11.9. The second-order valence-corrected chi connectivity index (χ2v) is 9.26. The lowest BCUT2D eigenvalue weighted by Gasteiger charge is -2.14. The van der Waals surface area contributed by atoms with E-state index in [4.69, 9.17) is 21.1 Å². The van der Waals surface area contributed by atoms with Gasteiger partial charge in [-0.3, -0.25) is 4.79 Å². The second-order valence-electron chi connectivity index (χ2n) is 6.93. The van der Waals surface area contributed by atoms with E-state index in [1.807, 2.05) is 30.3 Å². The normalized spacial score (nSPS) is 11.0. The number of hydrogen-bond donors (Lipinski definition) is 2. The number of rotatable bonds is 9. The van der Waals surface area contributed by atoms with Crippen molar-refractivity contribution in [2.45, 2.75) is 11.5 Å². The van der Waals surface area contributed by atoms with E-state index in [2.05, 4.69) is 10.6 Å². The lowest BCUT2D eigenvalue weighted by molar-refractivity contribution is -0.114. The Hall–Kier alpha value is -3.23. The second kappa shape index (κ2) is 10.4. The highest BCUT2D eigenvalue weighted by molar-refractivity contribution is 7.91. The molecule has 1 amide bonds. The molecule has 7 nitrogen and oxygen atoms in total. The van der Waals surface area contributed by atoms with E-state index < -0.39 is 9.84 Å². The monoisotopic (exact) mass is 474 g/mol. The molecule has 3 aromatic rings. The minimum absolute atomic E-state index is 0.0356. The zero-order valence-corrected chi connectivity index (χ0v) is 19.2. The molecule has 0 saturated carbocycles. The van der Waals surface area contributed by atoms with E-state index in [0.717, 1.165) is 11.8 Å². The fourth-order valence-corrected chi connectivity index (χ4v) is 4.58. The fraction of sp³-hybridized carbons (Fsp3) is 0.174. The third-order valence-electron chi connectivity index (χ3n) is 4.48. The molecule has 168 valence electrons. The molecule has 3 rings (SSSR count). The summed E-state index contributed by atoms with van der Waals surface area (Å²) in [6.07, 6.45) is 1.04. The molecule has 0 aliphatic heterocycles. The van der Waals surface area contributed by atoms with Crippen LogP contribution in [0, 0.1) is 0 Å². The number of carbonyl (C=O) groups is 1. The minimum atomic E-state index is -3.65. The molecule has 0 atom stereocenters. The summed E-state index contributed by atoms with van der Waals surface area (Å²) in [5.74, 6) is 0.557. The van der Waals surface area contributed by atoms with Gasteiger partial charge in [0.2, 0.25) is 5.91 Å². The van der Waals surface area contributed by atoms with Gasteiger partial charge < -0.3 is 20.1 Å². The third-order valence-corrected chi connectivity index (χ3v) is 6.13. The average Bonchev–Trinajstić information content (AvgIpc) is 2.77. The summed E-state index contributed by atoms with van der Waals surface area (Å²) in [4.78, 5) is 12.2. The molecule has 3 aromatic carbocycles. The Kier molecular flexibility index (Phi) is 7.61. The van der Waals surface area contributed by atoms with Gasteiger partial charge in [0, 0.05) is 11.9 Å². The fourth-order valence-electron chi connectivity index (χ4n) is 2.95. The van der Waals surface area contributed by atoms with Crippen molar-refractivity contribution < 1.29 is 22.7 Å². The van der Waals surface area contributed by atoms with Crippen LogP contribution in [0.15, 0.2) is 71.6 Å². The number of hydrogen-bond acceptors (Lipinski definition) is 6. The molecule has 32 heavy (non-hydrogen) atoms. The van der Waals surface area contributed by atoms with Crippen molar-refractivity contribution in [3.63, 3.8) is 0 Å². The lowest BCUT2D eigenvalue weighted by atomic mass is 10.2. The number of nitrogens with one attached hydrogen (secondary N) is 2. The van der Waals surface area contributed by atoms with Crippen LogP contribution in [-0.2, 0) is 21.2 Å². The maximum absolute atomic E-state index is 12.3. The zero-order valence-electron chi connectivity index (χ0n) is 17.6. The van der Waals surface area contributed by atoms with Crippen LogP contribution in [0.3, 0.4) is 0 Å². The molecular weight excluding hydrogens is 452 g/mol. The Morgan fingerprint density at radius 1 is 1.00 bits per heavy atom. The minimum Gasteiger partial charge on any atom is -0.495 e. The summed E-state index contributed by atoms with van der Waals surface area (Å²) in [6, 6.07) is 19.8. The predicted molar refractivity (Wildman–Crippen MR) is 125 cm³/mol. The molecule has 0 fully saturated rings. The number of sulfone groups is 1. The molecule has 0 saturated heterocycles. The first-order valence-electron chi connectivity index (χ1n) is 9.65. The molecule has 0 aliphatic carbocycles. The largest absolute Gasteiger partial charge is 0.495 e. The standard InChI is InChI=1S/C23H23ClN2O5S/c1-30-20-13-12-19(23(22(20)24)32(2,28)29)25-14-21(27)26-17-8-10-18(11-9-17)31-15-16-6-4-3-5-7-16/h3-13,25H,14-15H2,1-2H3,(H,26,27). The van der Waals surface area contributed by atoms with Crippen molar-refractivity contribution in [1.82, 2.24) is 0 Å². The van der Waals surface area contributed by atoms with Crippen LogP contribution >= 0.6 is 11.6 Å². The number of anilines is 2. The molecule has 2 N–H and O–H groups in total. The van der Waals surface area contributed by atoms with Crippen LogP contribution in [0.5, 0.6) is 11.5 Å². The Bertz CT molecular complexity index is 1180. The van der Waals surface area contributed by atoms with Crippen molar-refractivity contribution in [2.24, 2.45) is 0 Å². The van der Waals surface area contributed by atoms with Gasteiger partial charge in [-0.2, -0.15) is 0 Å². The molecule has 0 radical (unpaired) electrons. The SMILES string of the molecule is COc1ccc(NCC(=O)Nc2ccc(OCc3ccccc3)cc2)c(S(C)(=O)=O)c1Cl. The summed E-state index contributed by atoms with van der Waals surface area (Å²) in [5.41, 5.74) is 1.86. The van der Waals surface area contributed by atoms with Crippen molar-refractivity contribution in [2.75, 3.05) is 30.5 Å². The van der Waals surface area contributed by atoms with Crippen molar-refractivity contribution in [3.05, 3.63) is 77.3 Å². The number of halogens is 1. The number of carbonyl (C=O) groups excluding carboxylic acids is 1. The Labute approximate surface area is 192 Å². The smallest absolute Gasteiger partial charge is 0.243 e. The van der Waals surface area contributed by atoms with Gasteiger partial charge in [-0.05, 0) is 42.0 Å². The highest BCUT2D eigenvalue weighted by Gasteiger charge is 2.21. The number of ether oxygens (including phenoxy) is 2. The highest BCUT2D eigenvalue weighted by Crippen LogP contribution is 2.36. The van der Waals surface area contributed by atoms with Crippen LogP contribution in [0.1, 0.15) is 5.56 Å². The number of methoxy groups -OCH3 is 1. The lowest BCUT2D eigenvalue weighted by Crippen LogP contribution is -2.22. The average molecular weight is 475 g/mol. The van der Waals surface area contributed by atoms with Gasteiger partial charge in [-0.25, -0.2) is 8.42 Å². The maximum atomic E-state index is 12.3. The van der Waals surface area contributed by atoms with E-state index in [9.17, 15) is 13.2 Å². The maximum Gasteiger partial charge on any atom is 0.243 e. The number of amides is 1. The summed E-state index contributed by atoms with van der Waals surface area (Å²) >= 11 is 6.17. The third kappa shape index (κ3) is 6.15. The van der Waals surface area contributed by atoms with Gasteiger partial charge >= 0.3 is 0 Å². The molecular formula is C23H23ClN2O5S. The van der Waals surface area contributed by atoms with Crippen molar-refractivity contribution >= 4 is 38.7 Å². The molecule has 0 aliphatic rings. The van der Waals surface area contributed by atoms with Gasteiger partial charge in [0.05, 0.1) is 19.3 Å². The van der Waals surface area contributed by atoms with Gasteiger partial charge in [0.15, 0.2) is 9.84 Å². The molecule has 0 unspecified atom stereocenters. The highest BCUT2D eigenvalue weighted by atomic mass is 35.5. The van der Waals surface area contributed by atoms with Crippen LogP contribution in [-0.4, -0.2) is 34.2 Å². The van der Waals surface area contributed by atoms with E-state index in [0.29, 0.717) is 18.0 Å². The first kappa shape index (κ1) is 23.4. The molecule has 0 bridgehead atoms.